The van der Waals surface area contributed by atoms with Gasteiger partial charge in [-0.1, -0.05) is 18.9 Å². The molecule has 7 heteroatoms. The van der Waals surface area contributed by atoms with Gasteiger partial charge in [-0.15, -0.1) is 11.8 Å². The first-order valence-corrected chi connectivity index (χ1v) is 9.84. The number of nitrogens with zero attached hydrogens (tertiary/aromatic N) is 1. The lowest BCUT2D eigenvalue weighted by Crippen LogP contribution is -2.44. The third kappa shape index (κ3) is 3.81. The Morgan fingerprint density at radius 2 is 2.08 bits per heavy atom. The number of carbonyl (C=O) groups excluding carboxylic acids is 3. The summed E-state index contributed by atoms with van der Waals surface area (Å²) in [4.78, 5) is 39.0. The van der Waals surface area contributed by atoms with E-state index in [1.165, 1.54) is 4.90 Å². The molecule has 0 unspecified atom stereocenters. The molecule has 2 N–H and O–H groups in total. The van der Waals surface area contributed by atoms with Gasteiger partial charge in [0.05, 0.1) is 0 Å². The summed E-state index contributed by atoms with van der Waals surface area (Å²) in [6, 6.07) is 7.33. The van der Waals surface area contributed by atoms with Crippen molar-refractivity contribution < 1.29 is 14.4 Å². The zero-order chi connectivity index (χ0) is 17.9. The second-order valence-corrected chi connectivity index (χ2v) is 7.44. The standard InChI is InChI=1S/C18H23N3O3S/c1-25-14-7-4-6-13(12-14)19-15(22)8-5-11-21-16(23)18(20-17(21)24)9-2-3-10-18/h4,6-7,12H,2-3,5,8-11H2,1H3,(H,19,22)(H,20,24). The van der Waals surface area contributed by atoms with Crippen LogP contribution in [0.3, 0.4) is 0 Å². The first-order valence-electron chi connectivity index (χ1n) is 8.62. The Labute approximate surface area is 151 Å². The molecule has 1 spiro atoms. The van der Waals surface area contributed by atoms with E-state index in [1.807, 2.05) is 30.5 Å². The molecular weight excluding hydrogens is 338 g/mol. The minimum absolute atomic E-state index is 0.110. The summed E-state index contributed by atoms with van der Waals surface area (Å²) in [5, 5.41) is 5.71. The molecule has 1 saturated carbocycles. The van der Waals surface area contributed by atoms with E-state index in [1.54, 1.807) is 11.8 Å². The summed E-state index contributed by atoms with van der Waals surface area (Å²) in [7, 11) is 0. The van der Waals surface area contributed by atoms with Gasteiger partial charge in [0.25, 0.3) is 5.91 Å². The molecule has 2 aliphatic rings. The van der Waals surface area contributed by atoms with Crippen molar-refractivity contribution in [1.82, 2.24) is 10.2 Å². The van der Waals surface area contributed by atoms with Gasteiger partial charge in [-0.05, 0) is 43.7 Å². The van der Waals surface area contributed by atoms with Gasteiger partial charge in [-0.2, -0.15) is 0 Å². The SMILES string of the molecule is CSc1cccc(NC(=O)CCCN2C(=O)NC3(CCCC3)C2=O)c1. The van der Waals surface area contributed by atoms with Gasteiger partial charge in [0, 0.05) is 23.5 Å². The first kappa shape index (κ1) is 17.8. The second-order valence-electron chi connectivity index (χ2n) is 6.56. The van der Waals surface area contributed by atoms with E-state index in [0.29, 0.717) is 6.42 Å². The van der Waals surface area contributed by atoms with E-state index in [0.717, 1.165) is 36.3 Å². The van der Waals surface area contributed by atoms with Crippen molar-refractivity contribution in [2.75, 3.05) is 18.1 Å². The van der Waals surface area contributed by atoms with Crippen LogP contribution in [0.4, 0.5) is 10.5 Å². The number of rotatable bonds is 6. The number of amides is 4. The van der Waals surface area contributed by atoms with E-state index in [-0.39, 0.29) is 30.8 Å². The minimum atomic E-state index is -0.669. The van der Waals surface area contributed by atoms with E-state index in [4.69, 9.17) is 0 Å². The van der Waals surface area contributed by atoms with Crippen LogP contribution in [0.5, 0.6) is 0 Å². The van der Waals surface area contributed by atoms with Crippen molar-refractivity contribution in [3.8, 4) is 0 Å². The largest absolute Gasteiger partial charge is 0.326 e. The van der Waals surface area contributed by atoms with Gasteiger partial charge in [-0.3, -0.25) is 14.5 Å². The second kappa shape index (κ2) is 7.47. The van der Waals surface area contributed by atoms with E-state index >= 15 is 0 Å². The number of hydrogen-bond acceptors (Lipinski definition) is 4. The fraction of sp³-hybridized carbons (Fsp3) is 0.500. The van der Waals surface area contributed by atoms with Crippen molar-refractivity contribution in [1.29, 1.82) is 0 Å². The number of carbonyl (C=O) groups is 3. The molecule has 0 bridgehead atoms. The molecule has 1 heterocycles. The molecule has 134 valence electrons. The minimum Gasteiger partial charge on any atom is -0.326 e. The average Bonchev–Trinajstić information content (AvgIpc) is 3.15. The highest BCUT2D eigenvalue weighted by atomic mass is 32.2. The number of benzene rings is 1. The van der Waals surface area contributed by atoms with Gasteiger partial charge in [0.15, 0.2) is 0 Å². The van der Waals surface area contributed by atoms with Gasteiger partial charge in [0.1, 0.15) is 5.54 Å². The molecule has 1 aliphatic carbocycles. The van der Waals surface area contributed by atoms with Crippen LogP contribution in [-0.4, -0.2) is 41.1 Å². The predicted molar refractivity (Wildman–Crippen MR) is 97.5 cm³/mol. The van der Waals surface area contributed by atoms with Crippen molar-refractivity contribution in [2.45, 2.75) is 49.0 Å². The maximum absolute atomic E-state index is 12.5. The molecule has 1 aliphatic heterocycles. The van der Waals surface area contributed by atoms with Crippen LogP contribution in [-0.2, 0) is 9.59 Å². The molecule has 3 rings (SSSR count). The van der Waals surface area contributed by atoms with Gasteiger partial charge in [0.2, 0.25) is 5.91 Å². The summed E-state index contributed by atoms with van der Waals surface area (Å²) >= 11 is 1.61. The van der Waals surface area contributed by atoms with E-state index in [2.05, 4.69) is 10.6 Å². The monoisotopic (exact) mass is 361 g/mol. The van der Waals surface area contributed by atoms with Crippen molar-refractivity contribution in [3.05, 3.63) is 24.3 Å². The Hall–Kier alpha value is -2.02. The van der Waals surface area contributed by atoms with Gasteiger partial charge in [-0.25, -0.2) is 4.79 Å². The van der Waals surface area contributed by atoms with Crippen LogP contribution in [0.2, 0.25) is 0 Å². The molecule has 0 aromatic heterocycles. The fourth-order valence-corrected chi connectivity index (χ4v) is 3.98. The van der Waals surface area contributed by atoms with Crippen LogP contribution < -0.4 is 10.6 Å². The Bertz CT molecular complexity index is 686. The van der Waals surface area contributed by atoms with Gasteiger partial charge >= 0.3 is 6.03 Å². The average molecular weight is 361 g/mol. The molecule has 1 aromatic rings. The van der Waals surface area contributed by atoms with Crippen molar-refractivity contribution in [2.24, 2.45) is 0 Å². The van der Waals surface area contributed by atoms with Crippen molar-refractivity contribution >= 4 is 35.3 Å². The van der Waals surface area contributed by atoms with Crippen LogP contribution in [0.15, 0.2) is 29.2 Å². The van der Waals surface area contributed by atoms with Crippen LogP contribution in [0.1, 0.15) is 38.5 Å². The lowest BCUT2D eigenvalue weighted by Gasteiger charge is -2.19. The number of imide groups is 1. The number of hydrogen-bond donors (Lipinski definition) is 2. The highest BCUT2D eigenvalue weighted by molar-refractivity contribution is 7.98. The van der Waals surface area contributed by atoms with Crippen LogP contribution >= 0.6 is 11.8 Å². The molecule has 6 nitrogen and oxygen atoms in total. The smallest absolute Gasteiger partial charge is 0.325 e. The molecule has 1 aromatic carbocycles. The maximum Gasteiger partial charge on any atom is 0.325 e. The lowest BCUT2D eigenvalue weighted by molar-refractivity contribution is -0.131. The first-order chi connectivity index (χ1) is 12.0. The lowest BCUT2D eigenvalue weighted by atomic mass is 9.98. The zero-order valence-corrected chi connectivity index (χ0v) is 15.2. The molecule has 0 radical (unpaired) electrons. The maximum atomic E-state index is 12.5. The molecule has 4 amide bonds. The number of thioether (sulfide) groups is 1. The third-order valence-corrected chi connectivity index (χ3v) is 5.57. The Morgan fingerprint density at radius 1 is 1.32 bits per heavy atom. The highest BCUT2D eigenvalue weighted by Crippen LogP contribution is 2.35. The number of anilines is 1. The highest BCUT2D eigenvalue weighted by Gasteiger charge is 2.51. The fourth-order valence-electron chi connectivity index (χ4n) is 3.52. The molecule has 2 fully saturated rings. The number of nitrogens with one attached hydrogen (secondary N) is 2. The summed E-state index contributed by atoms with van der Waals surface area (Å²) in [5.41, 5.74) is 0.0918. The topological polar surface area (TPSA) is 78.5 Å². The molecular formula is C18H23N3O3S. The normalized spacial score (nSPS) is 18.7. The molecule has 1 saturated heterocycles. The van der Waals surface area contributed by atoms with Crippen LogP contribution in [0, 0.1) is 0 Å². The van der Waals surface area contributed by atoms with Crippen LogP contribution in [0.25, 0.3) is 0 Å². The van der Waals surface area contributed by atoms with E-state index in [9.17, 15) is 14.4 Å². The van der Waals surface area contributed by atoms with Crippen molar-refractivity contribution in [3.63, 3.8) is 0 Å². The Kier molecular flexibility index (Phi) is 5.32. The predicted octanol–water partition coefficient (Wildman–Crippen LogP) is 2.99. The molecule has 25 heavy (non-hydrogen) atoms. The number of urea groups is 1. The Balaban J connectivity index is 1.48. The Morgan fingerprint density at radius 3 is 2.80 bits per heavy atom. The summed E-state index contributed by atoms with van der Waals surface area (Å²) in [5.74, 6) is -0.232. The van der Waals surface area contributed by atoms with E-state index < -0.39 is 5.54 Å². The summed E-state index contributed by atoms with van der Waals surface area (Å²) in [6.45, 7) is 0.282. The third-order valence-electron chi connectivity index (χ3n) is 4.84. The summed E-state index contributed by atoms with van der Waals surface area (Å²) < 4.78 is 0. The summed E-state index contributed by atoms with van der Waals surface area (Å²) in [6.07, 6.45) is 6.10. The quantitative estimate of drug-likeness (QED) is 0.603. The zero-order valence-electron chi connectivity index (χ0n) is 14.3. The molecule has 0 atom stereocenters. The van der Waals surface area contributed by atoms with Gasteiger partial charge < -0.3 is 10.6 Å².